The summed E-state index contributed by atoms with van der Waals surface area (Å²) in [6.07, 6.45) is 6.69. The molecule has 2 saturated carbocycles. The lowest BCUT2D eigenvalue weighted by Gasteiger charge is -2.58. The summed E-state index contributed by atoms with van der Waals surface area (Å²) in [5.74, 6) is 1.45. The maximum atomic E-state index is 12.2. The minimum atomic E-state index is -0.443. The van der Waals surface area contributed by atoms with Gasteiger partial charge in [-0.05, 0) is 59.8 Å². The largest absolute Gasteiger partial charge is 0.444 e. The molecule has 1 amide bonds. The Morgan fingerprint density at radius 3 is 2.53 bits per heavy atom. The monoisotopic (exact) mass is 414 g/mol. The van der Waals surface area contributed by atoms with Gasteiger partial charge in [0, 0.05) is 55.2 Å². The number of piperidine rings is 1. The third-order valence-corrected chi connectivity index (χ3v) is 7.57. The van der Waals surface area contributed by atoms with Crippen LogP contribution < -0.4 is 4.90 Å². The Labute approximate surface area is 178 Å². The van der Waals surface area contributed by atoms with E-state index in [4.69, 9.17) is 9.84 Å². The second kappa shape index (κ2) is 6.47. The van der Waals surface area contributed by atoms with Crippen molar-refractivity contribution in [3.63, 3.8) is 0 Å². The molecule has 3 heterocycles. The number of Topliss-reactive ketones (excluding diaryl/α,β-unsaturated/α-hetero) is 1. The molecule has 7 heteroatoms. The Hall–Kier alpha value is -2.05. The number of aromatic nitrogens is 2. The molecule has 7 nitrogen and oxygen atoms in total. The third-order valence-electron chi connectivity index (χ3n) is 7.57. The van der Waals surface area contributed by atoms with Crippen molar-refractivity contribution < 1.29 is 14.3 Å². The minimum absolute atomic E-state index is 0.0314. The number of nitrogens with zero attached hydrogens (tertiary/aromatic N) is 4. The van der Waals surface area contributed by atoms with Crippen molar-refractivity contribution in [2.75, 3.05) is 24.5 Å². The molecule has 0 atom stereocenters. The molecular weight excluding hydrogens is 380 g/mol. The van der Waals surface area contributed by atoms with E-state index in [9.17, 15) is 9.59 Å². The topological polar surface area (TPSA) is 67.7 Å². The third kappa shape index (κ3) is 3.21. The Balaban J connectivity index is 1.22. The zero-order valence-corrected chi connectivity index (χ0v) is 18.7. The molecule has 1 aromatic heterocycles. The highest BCUT2D eigenvalue weighted by Crippen LogP contribution is 2.55. The average Bonchev–Trinajstić information content (AvgIpc) is 2.90. The van der Waals surface area contributed by atoms with E-state index >= 15 is 0 Å². The number of rotatable bonds is 2. The van der Waals surface area contributed by atoms with Crippen LogP contribution in [0.2, 0.25) is 0 Å². The number of anilines is 1. The van der Waals surface area contributed by atoms with Crippen molar-refractivity contribution >= 4 is 17.7 Å². The van der Waals surface area contributed by atoms with E-state index in [1.54, 1.807) is 0 Å². The van der Waals surface area contributed by atoms with Gasteiger partial charge in [0.2, 0.25) is 0 Å². The molecule has 4 fully saturated rings. The first-order chi connectivity index (χ1) is 14.1. The summed E-state index contributed by atoms with van der Waals surface area (Å²) in [7, 11) is 0. The van der Waals surface area contributed by atoms with Gasteiger partial charge >= 0.3 is 6.09 Å². The van der Waals surface area contributed by atoms with Crippen LogP contribution in [-0.2, 0) is 9.53 Å². The van der Waals surface area contributed by atoms with Gasteiger partial charge in [-0.1, -0.05) is 0 Å². The van der Waals surface area contributed by atoms with Crippen LogP contribution in [0.4, 0.5) is 10.6 Å². The molecular formula is C23H34N4O3. The van der Waals surface area contributed by atoms with Crippen LogP contribution in [0, 0.1) is 12.3 Å². The standard InChI is InChI=1S/C23H34N4O3/c1-16-10-19(26-9-6-18(28)13-23(26)7-5-8-23)24-27(16)17-11-22(12-17)14-25(15-22)20(29)30-21(2,3)4/h10,17H,5-9,11-15H2,1-4H3. The summed E-state index contributed by atoms with van der Waals surface area (Å²) >= 11 is 0. The number of amides is 1. The van der Waals surface area contributed by atoms with E-state index in [2.05, 4.69) is 22.6 Å². The summed E-state index contributed by atoms with van der Waals surface area (Å²) in [5.41, 5.74) is 1.03. The quantitative estimate of drug-likeness (QED) is 0.735. The summed E-state index contributed by atoms with van der Waals surface area (Å²) in [6.45, 7) is 10.2. The van der Waals surface area contributed by atoms with Gasteiger partial charge in [0.1, 0.15) is 11.4 Å². The first-order valence-corrected chi connectivity index (χ1v) is 11.4. The number of aryl methyl sites for hydroxylation is 1. The van der Waals surface area contributed by atoms with Crippen molar-refractivity contribution in [2.24, 2.45) is 5.41 Å². The zero-order valence-electron chi connectivity index (χ0n) is 18.7. The maximum Gasteiger partial charge on any atom is 0.410 e. The summed E-state index contributed by atoms with van der Waals surface area (Å²) in [4.78, 5) is 28.5. The molecule has 2 aliphatic heterocycles. The lowest BCUT2D eigenvalue weighted by atomic mass is 9.61. The molecule has 2 aliphatic carbocycles. The fraction of sp³-hybridized carbons (Fsp3) is 0.783. The predicted molar refractivity (Wildman–Crippen MR) is 114 cm³/mol. The number of carbonyl (C=O) groups excluding carboxylic acids is 2. The minimum Gasteiger partial charge on any atom is -0.444 e. The van der Waals surface area contributed by atoms with Crippen molar-refractivity contribution in [3.8, 4) is 0 Å². The second-order valence-corrected chi connectivity index (χ2v) is 11.2. The molecule has 1 aromatic rings. The first kappa shape index (κ1) is 19.9. The van der Waals surface area contributed by atoms with Gasteiger partial charge < -0.3 is 14.5 Å². The molecule has 0 bridgehead atoms. The smallest absolute Gasteiger partial charge is 0.410 e. The van der Waals surface area contributed by atoms with E-state index in [1.165, 1.54) is 12.1 Å². The van der Waals surface area contributed by atoms with Crippen LogP contribution in [0.15, 0.2) is 6.07 Å². The van der Waals surface area contributed by atoms with Gasteiger partial charge in [0.15, 0.2) is 5.82 Å². The van der Waals surface area contributed by atoms with Crippen LogP contribution >= 0.6 is 0 Å². The van der Waals surface area contributed by atoms with Gasteiger partial charge in [0.25, 0.3) is 0 Å². The molecule has 2 spiro atoms. The van der Waals surface area contributed by atoms with Crippen molar-refractivity contribution in [1.29, 1.82) is 0 Å². The molecule has 4 aliphatic rings. The Morgan fingerprint density at radius 2 is 1.93 bits per heavy atom. The van der Waals surface area contributed by atoms with Gasteiger partial charge in [-0.25, -0.2) is 4.79 Å². The molecule has 0 aromatic carbocycles. The van der Waals surface area contributed by atoms with E-state index in [0.29, 0.717) is 24.7 Å². The number of ether oxygens (including phenoxy) is 1. The summed E-state index contributed by atoms with van der Waals surface area (Å²) in [5, 5.41) is 5.01. The summed E-state index contributed by atoms with van der Waals surface area (Å²) < 4.78 is 7.68. The SMILES string of the molecule is Cc1cc(N2CCC(=O)CC23CCC3)nn1C1CC2(C1)CN(C(=O)OC(C)(C)C)C2. The van der Waals surface area contributed by atoms with Crippen molar-refractivity contribution in [1.82, 2.24) is 14.7 Å². The highest BCUT2D eigenvalue weighted by molar-refractivity contribution is 5.83. The van der Waals surface area contributed by atoms with Gasteiger partial charge in [-0.15, -0.1) is 0 Å². The summed E-state index contributed by atoms with van der Waals surface area (Å²) in [6, 6.07) is 2.61. The van der Waals surface area contributed by atoms with Crippen molar-refractivity contribution in [3.05, 3.63) is 11.8 Å². The number of hydrogen-bond donors (Lipinski definition) is 0. The van der Waals surface area contributed by atoms with Crippen LogP contribution in [0.3, 0.4) is 0 Å². The molecule has 0 unspecified atom stereocenters. The van der Waals surface area contributed by atoms with E-state index < -0.39 is 5.60 Å². The molecule has 0 radical (unpaired) electrons. The molecule has 0 N–H and O–H groups in total. The maximum absolute atomic E-state index is 12.2. The molecule has 2 saturated heterocycles. The Bertz CT molecular complexity index is 865. The fourth-order valence-electron chi connectivity index (χ4n) is 5.98. The number of hydrogen-bond acceptors (Lipinski definition) is 5. The molecule has 164 valence electrons. The number of ketones is 1. The highest BCUT2D eigenvalue weighted by Gasteiger charge is 2.55. The number of carbonyl (C=O) groups is 2. The highest BCUT2D eigenvalue weighted by atomic mass is 16.6. The fourth-order valence-corrected chi connectivity index (χ4v) is 5.98. The average molecular weight is 415 g/mol. The van der Waals surface area contributed by atoms with Crippen LogP contribution in [-0.4, -0.2) is 57.3 Å². The van der Waals surface area contributed by atoms with Crippen LogP contribution in [0.1, 0.15) is 77.5 Å². The predicted octanol–water partition coefficient (Wildman–Crippen LogP) is 3.86. The Morgan fingerprint density at radius 1 is 1.23 bits per heavy atom. The van der Waals surface area contributed by atoms with Gasteiger partial charge in [-0.2, -0.15) is 5.10 Å². The lowest BCUT2D eigenvalue weighted by molar-refractivity contribution is -0.122. The second-order valence-electron chi connectivity index (χ2n) is 11.2. The van der Waals surface area contributed by atoms with Gasteiger partial charge in [0.05, 0.1) is 6.04 Å². The van der Waals surface area contributed by atoms with Gasteiger partial charge in [-0.3, -0.25) is 9.48 Å². The lowest BCUT2D eigenvalue weighted by Crippen LogP contribution is -2.64. The van der Waals surface area contributed by atoms with Crippen molar-refractivity contribution in [2.45, 2.75) is 89.8 Å². The first-order valence-electron chi connectivity index (χ1n) is 11.4. The normalized spacial score (nSPS) is 25.1. The Kier molecular flexibility index (Phi) is 4.29. The van der Waals surface area contributed by atoms with E-state index in [-0.39, 0.29) is 17.0 Å². The molecule has 30 heavy (non-hydrogen) atoms. The van der Waals surface area contributed by atoms with Crippen LogP contribution in [0.25, 0.3) is 0 Å². The number of likely N-dealkylation sites (tertiary alicyclic amines) is 1. The van der Waals surface area contributed by atoms with E-state index in [1.807, 2.05) is 25.7 Å². The van der Waals surface area contributed by atoms with Crippen LogP contribution in [0.5, 0.6) is 0 Å². The molecule has 5 rings (SSSR count). The zero-order chi connectivity index (χ0) is 21.3. The van der Waals surface area contributed by atoms with E-state index in [0.717, 1.165) is 51.1 Å².